The first-order valence-corrected chi connectivity index (χ1v) is 8.42. The first-order chi connectivity index (χ1) is 11.1. The molecule has 0 saturated heterocycles. The van der Waals surface area contributed by atoms with Crippen LogP contribution in [0.1, 0.15) is 12.7 Å². The molecule has 2 rings (SSSR count). The molecule has 0 saturated carbocycles. The number of para-hydroxylation sites is 1. The molecule has 0 spiro atoms. The monoisotopic (exact) mass is 333 g/mol. The molecular weight excluding hydrogens is 314 g/mol. The van der Waals surface area contributed by atoms with Crippen LogP contribution in [0.25, 0.3) is 0 Å². The summed E-state index contributed by atoms with van der Waals surface area (Å²) in [6.45, 7) is 4.27. The molecule has 0 aliphatic rings. The minimum atomic E-state index is -0.209. The second kappa shape index (κ2) is 8.38. The summed E-state index contributed by atoms with van der Waals surface area (Å²) in [4.78, 5) is 25.7. The van der Waals surface area contributed by atoms with Crippen LogP contribution in [-0.4, -0.2) is 35.0 Å². The highest BCUT2D eigenvalue weighted by Crippen LogP contribution is 2.15. The standard InChI is InChI=1S/C16H19N3O3S/c1-3-19(13-7-5-4-6-8-13)16(21)11-23-10-15(20)17-14-9-12(2)22-18-14/h4-9H,3,10-11H2,1-2H3,(H,17,18,20). The Hall–Kier alpha value is -2.28. The zero-order valence-corrected chi connectivity index (χ0v) is 13.9. The number of hydrogen-bond acceptors (Lipinski definition) is 5. The van der Waals surface area contributed by atoms with E-state index in [1.54, 1.807) is 17.9 Å². The third kappa shape index (κ3) is 5.14. The van der Waals surface area contributed by atoms with Gasteiger partial charge in [-0.3, -0.25) is 9.59 Å². The third-order valence-electron chi connectivity index (χ3n) is 3.04. The van der Waals surface area contributed by atoms with Gasteiger partial charge < -0.3 is 14.7 Å². The smallest absolute Gasteiger partial charge is 0.236 e. The molecule has 1 heterocycles. The molecule has 6 nitrogen and oxygen atoms in total. The van der Waals surface area contributed by atoms with Crippen molar-refractivity contribution in [2.24, 2.45) is 0 Å². The Bertz CT molecular complexity index is 658. The summed E-state index contributed by atoms with van der Waals surface area (Å²) in [7, 11) is 0. The summed E-state index contributed by atoms with van der Waals surface area (Å²) in [6, 6.07) is 11.1. The van der Waals surface area contributed by atoms with Crippen molar-refractivity contribution in [3.8, 4) is 0 Å². The molecule has 2 amide bonds. The lowest BCUT2D eigenvalue weighted by molar-refractivity contribution is -0.116. The molecule has 0 atom stereocenters. The van der Waals surface area contributed by atoms with Gasteiger partial charge in [-0.2, -0.15) is 0 Å². The van der Waals surface area contributed by atoms with Gasteiger partial charge in [0.1, 0.15) is 5.76 Å². The molecule has 2 aromatic rings. The van der Waals surface area contributed by atoms with E-state index >= 15 is 0 Å². The Kier molecular flexibility index (Phi) is 6.22. The number of aromatic nitrogens is 1. The van der Waals surface area contributed by atoms with Gasteiger partial charge >= 0.3 is 0 Å². The van der Waals surface area contributed by atoms with Crippen molar-refractivity contribution in [2.75, 3.05) is 28.3 Å². The van der Waals surface area contributed by atoms with Crippen molar-refractivity contribution in [1.82, 2.24) is 5.16 Å². The Balaban J connectivity index is 1.78. The van der Waals surface area contributed by atoms with E-state index in [-0.39, 0.29) is 23.3 Å². The maximum atomic E-state index is 12.3. The molecular formula is C16H19N3O3S. The molecule has 7 heteroatoms. The van der Waals surface area contributed by atoms with Gasteiger partial charge in [0.15, 0.2) is 5.82 Å². The zero-order valence-electron chi connectivity index (χ0n) is 13.1. The van der Waals surface area contributed by atoms with E-state index in [1.165, 1.54) is 11.8 Å². The number of aryl methyl sites for hydroxylation is 1. The van der Waals surface area contributed by atoms with Crippen LogP contribution in [0.2, 0.25) is 0 Å². The highest BCUT2D eigenvalue weighted by molar-refractivity contribution is 8.00. The fraction of sp³-hybridized carbons (Fsp3) is 0.312. The van der Waals surface area contributed by atoms with Crippen LogP contribution in [-0.2, 0) is 9.59 Å². The molecule has 1 aromatic carbocycles. The summed E-state index contributed by atoms with van der Waals surface area (Å²) < 4.78 is 4.87. The fourth-order valence-corrected chi connectivity index (χ4v) is 2.71. The average Bonchev–Trinajstić information content (AvgIpc) is 2.94. The number of nitrogens with zero attached hydrogens (tertiary/aromatic N) is 2. The summed E-state index contributed by atoms with van der Waals surface area (Å²) in [5.74, 6) is 1.22. The maximum Gasteiger partial charge on any atom is 0.236 e. The van der Waals surface area contributed by atoms with Gasteiger partial charge in [0.25, 0.3) is 0 Å². The van der Waals surface area contributed by atoms with E-state index < -0.39 is 0 Å². The van der Waals surface area contributed by atoms with Crippen molar-refractivity contribution in [3.63, 3.8) is 0 Å². The van der Waals surface area contributed by atoms with Crippen LogP contribution in [0.5, 0.6) is 0 Å². The fourth-order valence-electron chi connectivity index (χ4n) is 2.02. The van der Waals surface area contributed by atoms with Crippen molar-refractivity contribution in [3.05, 3.63) is 42.2 Å². The van der Waals surface area contributed by atoms with E-state index in [1.807, 2.05) is 37.3 Å². The second-order valence-corrected chi connectivity index (χ2v) is 5.82. The molecule has 1 aromatic heterocycles. The van der Waals surface area contributed by atoms with Crippen LogP contribution in [0.15, 0.2) is 40.9 Å². The van der Waals surface area contributed by atoms with E-state index in [9.17, 15) is 9.59 Å². The van der Waals surface area contributed by atoms with E-state index in [0.717, 1.165) is 5.69 Å². The summed E-state index contributed by atoms with van der Waals surface area (Å²) in [5, 5.41) is 6.31. The lowest BCUT2D eigenvalue weighted by Crippen LogP contribution is -2.32. The second-order valence-electron chi connectivity index (χ2n) is 4.84. The predicted octanol–water partition coefficient (Wildman–Crippen LogP) is 2.71. The number of anilines is 2. The zero-order chi connectivity index (χ0) is 16.7. The van der Waals surface area contributed by atoms with Crippen molar-refractivity contribution < 1.29 is 14.1 Å². The van der Waals surface area contributed by atoms with Crippen LogP contribution >= 0.6 is 11.8 Å². The lowest BCUT2D eigenvalue weighted by atomic mass is 10.3. The average molecular weight is 333 g/mol. The van der Waals surface area contributed by atoms with Crippen LogP contribution in [0.4, 0.5) is 11.5 Å². The van der Waals surface area contributed by atoms with Gasteiger partial charge in [-0.25, -0.2) is 0 Å². The molecule has 0 unspecified atom stereocenters. The lowest BCUT2D eigenvalue weighted by Gasteiger charge is -2.20. The summed E-state index contributed by atoms with van der Waals surface area (Å²) >= 11 is 1.27. The minimum absolute atomic E-state index is 0.0196. The number of thioether (sulfide) groups is 1. The number of benzene rings is 1. The first-order valence-electron chi connectivity index (χ1n) is 7.26. The highest BCUT2D eigenvalue weighted by Gasteiger charge is 2.14. The normalized spacial score (nSPS) is 10.3. The van der Waals surface area contributed by atoms with Gasteiger partial charge in [-0.15, -0.1) is 11.8 Å². The third-order valence-corrected chi connectivity index (χ3v) is 3.96. The molecule has 0 bridgehead atoms. The Morgan fingerprint density at radius 3 is 2.61 bits per heavy atom. The van der Waals surface area contributed by atoms with Crippen molar-refractivity contribution in [1.29, 1.82) is 0 Å². The van der Waals surface area contributed by atoms with Crippen LogP contribution in [0.3, 0.4) is 0 Å². The van der Waals surface area contributed by atoms with E-state index in [4.69, 9.17) is 4.52 Å². The predicted molar refractivity (Wildman–Crippen MR) is 91.7 cm³/mol. The van der Waals surface area contributed by atoms with Gasteiger partial charge in [0, 0.05) is 18.3 Å². The van der Waals surface area contributed by atoms with Crippen molar-refractivity contribution >= 4 is 35.1 Å². The first kappa shape index (κ1) is 17.1. The quantitative estimate of drug-likeness (QED) is 0.843. The van der Waals surface area contributed by atoms with Crippen LogP contribution < -0.4 is 10.2 Å². The Morgan fingerprint density at radius 1 is 1.26 bits per heavy atom. The van der Waals surface area contributed by atoms with Gasteiger partial charge in [0.05, 0.1) is 11.5 Å². The molecule has 0 radical (unpaired) electrons. The Morgan fingerprint density at radius 2 is 2.00 bits per heavy atom. The highest BCUT2D eigenvalue weighted by atomic mass is 32.2. The number of amides is 2. The number of carbonyl (C=O) groups excluding carboxylic acids is 2. The van der Waals surface area contributed by atoms with Gasteiger partial charge in [-0.05, 0) is 26.0 Å². The number of carbonyl (C=O) groups is 2. The molecule has 23 heavy (non-hydrogen) atoms. The largest absolute Gasteiger partial charge is 0.360 e. The number of hydrogen-bond donors (Lipinski definition) is 1. The van der Waals surface area contributed by atoms with E-state index in [0.29, 0.717) is 18.1 Å². The topological polar surface area (TPSA) is 75.4 Å². The number of rotatable bonds is 7. The SMILES string of the molecule is CCN(C(=O)CSCC(=O)Nc1cc(C)on1)c1ccccc1. The van der Waals surface area contributed by atoms with E-state index in [2.05, 4.69) is 10.5 Å². The maximum absolute atomic E-state index is 12.3. The Labute approximate surface area is 139 Å². The van der Waals surface area contributed by atoms with Gasteiger partial charge in [0.2, 0.25) is 11.8 Å². The minimum Gasteiger partial charge on any atom is -0.360 e. The van der Waals surface area contributed by atoms with Crippen LogP contribution in [0, 0.1) is 6.92 Å². The summed E-state index contributed by atoms with van der Waals surface area (Å²) in [6.07, 6.45) is 0. The molecule has 0 aliphatic carbocycles. The molecule has 1 N–H and O–H groups in total. The number of nitrogens with one attached hydrogen (secondary N) is 1. The summed E-state index contributed by atoms with van der Waals surface area (Å²) in [5.41, 5.74) is 0.864. The molecule has 0 aliphatic heterocycles. The van der Waals surface area contributed by atoms with Crippen molar-refractivity contribution in [2.45, 2.75) is 13.8 Å². The molecule has 0 fully saturated rings. The molecule has 122 valence electrons. The van der Waals surface area contributed by atoms with Gasteiger partial charge in [-0.1, -0.05) is 23.4 Å².